The first-order chi connectivity index (χ1) is 8.88. The Hall–Kier alpha value is -1.11. The lowest BCUT2D eigenvalue weighted by molar-refractivity contribution is -0.141. The minimum absolute atomic E-state index is 0.0790. The van der Waals surface area contributed by atoms with Crippen LogP contribution in [-0.2, 0) is 24.2 Å². The molecule has 0 spiro atoms. The average Bonchev–Trinajstić information content (AvgIpc) is 2.69. The van der Waals surface area contributed by atoms with Gasteiger partial charge >= 0.3 is 5.97 Å². The summed E-state index contributed by atoms with van der Waals surface area (Å²) in [4.78, 5) is 24.6. The van der Waals surface area contributed by atoms with Crippen LogP contribution < -0.4 is 0 Å². The van der Waals surface area contributed by atoms with Crippen LogP contribution in [0.25, 0.3) is 0 Å². The number of methoxy groups -OCH3 is 1. The van der Waals surface area contributed by atoms with Crippen LogP contribution in [0.1, 0.15) is 26.2 Å². The van der Waals surface area contributed by atoms with Crippen molar-refractivity contribution in [3.63, 3.8) is 0 Å². The quantitative estimate of drug-likeness (QED) is 0.654. The highest BCUT2D eigenvalue weighted by Crippen LogP contribution is 2.22. The third-order valence-electron chi connectivity index (χ3n) is 3.34. The maximum absolute atomic E-state index is 12.0. The van der Waals surface area contributed by atoms with E-state index in [1.54, 1.807) is 4.90 Å². The molecule has 0 aliphatic carbocycles. The van der Waals surface area contributed by atoms with Crippen molar-refractivity contribution in [2.24, 2.45) is 5.92 Å². The molecule has 7 heteroatoms. The Morgan fingerprint density at radius 2 is 2.05 bits per heavy atom. The molecule has 19 heavy (non-hydrogen) atoms. The van der Waals surface area contributed by atoms with Crippen LogP contribution >= 0.6 is 0 Å². The van der Waals surface area contributed by atoms with E-state index in [9.17, 15) is 18.0 Å². The Labute approximate surface area is 114 Å². The molecule has 1 unspecified atom stereocenters. The second kappa shape index (κ2) is 6.88. The molecule has 1 aliphatic rings. The number of ether oxygens (including phenoxy) is 1. The maximum Gasteiger partial charge on any atom is 0.307 e. The van der Waals surface area contributed by atoms with E-state index in [1.807, 2.05) is 6.92 Å². The molecule has 1 aliphatic heterocycles. The van der Waals surface area contributed by atoms with E-state index in [2.05, 4.69) is 4.74 Å². The van der Waals surface area contributed by atoms with E-state index >= 15 is 0 Å². The monoisotopic (exact) mass is 291 g/mol. The van der Waals surface area contributed by atoms with Gasteiger partial charge in [-0.15, -0.1) is 0 Å². The average molecular weight is 291 g/mol. The largest absolute Gasteiger partial charge is 0.469 e. The molecule has 1 amide bonds. The van der Waals surface area contributed by atoms with E-state index in [0.29, 0.717) is 19.5 Å². The van der Waals surface area contributed by atoms with Crippen molar-refractivity contribution >= 4 is 21.7 Å². The van der Waals surface area contributed by atoms with Crippen molar-refractivity contribution in [3.8, 4) is 0 Å². The minimum atomic E-state index is -2.95. The summed E-state index contributed by atoms with van der Waals surface area (Å²) in [5.41, 5.74) is 0. The summed E-state index contributed by atoms with van der Waals surface area (Å²) in [6, 6.07) is 0. The molecule has 1 rings (SSSR count). The highest BCUT2D eigenvalue weighted by atomic mass is 32.2. The van der Waals surface area contributed by atoms with Crippen LogP contribution in [0.15, 0.2) is 0 Å². The fourth-order valence-electron chi connectivity index (χ4n) is 2.20. The fraction of sp³-hybridized carbons (Fsp3) is 0.833. The number of nitrogens with zero attached hydrogens (tertiary/aromatic N) is 1. The second-order valence-corrected chi connectivity index (χ2v) is 7.00. The minimum Gasteiger partial charge on any atom is -0.469 e. The zero-order chi connectivity index (χ0) is 14.5. The van der Waals surface area contributed by atoms with Crippen molar-refractivity contribution < 1.29 is 22.7 Å². The van der Waals surface area contributed by atoms with Gasteiger partial charge in [0.25, 0.3) is 0 Å². The molecular formula is C12H21NO5S. The standard InChI is InChI=1S/C12H21NO5S/c1-3-13(6-4-12(15)18-2)11(14)8-10-5-7-19(16,17)9-10/h10H,3-9H2,1-2H3. The van der Waals surface area contributed by atoms with Crippen LogP contribution in [0.5, 0.6) is 0 Å². The normalized spacial score (nSPS) is 21.1. The number of rotatable bonds is 6. The fourth-order valence-corrected chi connectivity index (χ4v) is 4.06. The summed E-state index contributed by atoms with van der Waals surface area (Å²) in [6.45, 7) is 2.66. The molecule has 1 atom stereocenters. The lowest BCUT2D eigenvalue weighted by atomic mass is 10.0. The zero-order valence-electron chi connectivity index (χ0n) is 11.4. The Kier molecular flexibility index (Phi) is 5.78. The molecule has 6 nitrogen and oxygen atoms in total. The second-order valence-electron chi connectivity index (χ2n) is 4.77. The first-order valence-corrected chi connectivity index (χ1v) is 8.25. The summed E-state index contributed by atoms with van der Waals surface area (Å²) in [5, 5.41) is 0. The molecule has 1 heterocycles. The predicted molar refractivity (Wildman–Crippen MR) is 70.3 cm³/mol. The van der Waals surface area contributed by atoms with Crippen molar-refractivity contribution in [2.45, 2.75) is 26.2 Å². The first kappa shape index (κ1) is 15.9. The van der Waals surface area contributed by atoms with Gasteiger partial charge in [-0.1, -0.05) is 0 Å². The molecule has 0 saturated carbocycles. The third-order valence-corrected chi connectivity index (χ3v) is 5.17. The van der Waals surface area contributed by atoms with E-state index < -0.39 is 9.84 Å². The molecule has 0 radical (unpaired) electrons. The van der Waals surface area contributed by atoms with E-state index in [-0.39, 0.29) is 42.1 Å². The molecule has 1 fully saturated rings. The van der Waals surface area contributed by atoms with Crippen molar-refractivity contribution in [2.75, 3.05) is 31.7 Å². The van der Waals surface area contributed by atoms with Crippen molar-refractivity contribution in [1.29, 1.82) is 0 Å². The SMILES string of the molecule is CCN(CCC(=O)OC)C(=O)CC1CCS(=O)(=O)C1. The van der Waals surface area contributed by atoms with Gasteiger partial charge in [0.15, 0.2) is 9.84 Å². The highest BCUT2D eigenvalue weighted by molar-refractivity contribution is 7.91. The number of esters is 1. The number of carbonyl (C=O) groups is 2. The topological polar surface area (TPSA) is 80.8 Å². The summed E-state index contributed by atoms with van der Waals surface area (Å²) in [7, 11) is -1.64. The number of carbonyl (C=O) groups excluding carboxylic acids is 2. The maximum atomic E-state index is 12.0. The van der Waals surface area contributed by atoms with Gasteiger partial charge in [-0.05, 0) is 19.3 Å². The van der Waals surface area contributed by atoms with Gasteiger partial charge in [-0.3, -0.25) is 9.59 Å². The van der Waals surface area contributed by atoms with Crippen LogP contribution in [0.4, 0.5) is 0 Å². The summed E-state index contributed by atoms with van der Waals surface area (Å²) < 4.78 is 27.2. The van der Waals surface area contributed by atoms with Crippen LogP contribution in [0.2, 0.25) is 0 Å². The van der Waals surface area contributed by atoms with Crippen molar-refractivity contribution in [3.05, 3.63) is 0 Å². The third kappa shape index (κ3) is 5.18. The van der Waals surface area contributed by atoms with Crippen molar-refractivity contribution in [1.82, 2.24) is 4.90 Å². The van der Waals surface area contributed by atoms with Gasteiger partial charge in [0, 0.05) is 19.5 Å². The molecule has 0 N–H and O–H groups in total. The number of sulfone groups is 1. The van der Waals surface area contributed by atoms with Crippen LogP contribution in [0, 0.1) is 5.92 Å². The smallest absolute Gasteiger partial charge is 0.307 e. The molecule has 0 aromatic heterocycles. The Morgan fingerprint density at radius 3 is 2.53 bits per heavy atom. The first-order valence-electron chi connectivity index (χ1n) is 6.43. The lowest BCUT2D eigenvalue weighted by Gasteiger charge is -2.21. The summed E-state index contributed by atoms with van der Waals surface area (Å²) in [6.07, 6.45) is 0.968. The van der Waals surface area contributed by atoms with Crippen LogP contribution in [-0.4, -0.2) is 56.9 Å². The number of hydrogen-bond acceptors (Lipinski definition) is 5. The van der Waals surface area contributed by atoms with Gasteiger partial charge in [-0.2, -0.15) is 0 Å². The Bertz CT molecular complexity index is 431. The molecule has 1 saturated heterocycles. The predicted octanol–water partition coefficient (Wildman–Crippen LogP) is 0.223. The van der Waals surface area contributed by atoms with E-state index in [1.165, 1.54) is 7.11 Å². The molecular weight excluding hydrogens is 270 g/mol. The lowest BCUT2D eigenvalue weighted by Crippen LogP contribution is -2.34. The summed E-state index contributed by atoms with van der Waals surface area (Å²) >= 11 is 0. The number of amides is 1. The summed E-state index contributed by atoms with van der Waals surface area (Å²) in [5.74, 6) is -0.236. The van der Waals surface area contributed by atoms with E-state index in [0.717, 1.165) is 0 Å². The van der Waals surface area contributed by atoms with Gasteiger partial charge in [0.2, 0.25) is 5.91 Å². The van der Waals surface area contributed by atoms with Gasteiger partial charge < -0.3 is 9.64 Å². The Balaban J connectivity index is 2.44. The highest BCUT2D eigenvalue weighted by Gasteiger charge is 2.30. The number of hydrogen-bond donors (Lipinski definition) is 0. The van der Waals surface area contributed by atoms with Gasteiger partial charge in [0.1, 0.15) is 0 Å². The Morgan fingerprint density at radius 1 is 1.37 bits per heavy atom. The van der Waals surface area contributed by atoms with Gasteiger partial charge in [0.05, 0.1) is 25.0 Å². The molecule has 0 aromatic rings. The van der Waals surface area contributed by atoms with Gasteiger partial charge in [-0.25, -0.2) is 8.42 Å². The zero-order valence-corrected chi connectivity index (χ0v) is 12.2. The molecule has 0 bridgehead atoms. The van der Waals surface area contributed by atoms with Crippen LogP contribution in [0.3, 0.4) is 0 Å². The van der Waals surface area contributed by atoms with E-state index in [4.69, 9.17) is 0 Å². The molecule has 110 valence electrons. The molecule has 0 aromatic carbocycles.